The van der Waals surface area contributed by atoms with Gasteiger partial charge >= 0.3 is 0 Å². The third-order valence-electron chi connectivity index (χ3n) is 6.83. The molecule has 3 fully saturated rings. The second-order valence-electron chi connectivity index (χ2n) is 9.53. The summed E-state index contributed by atoms with van der Waals surface area (Å²) >= 11 is 0. The van der Waals surface area contributed by atoms with Crippen LogP contribution in [0.2, 0.25) is 0 Å². The van der Waals surface area contributed by atoms with E-state index >= 15 is 0 Å². The summed E-state index contributed by atoms with van der Waals surface area (Å²) in [6.45, 7) is -0.358. The Kier molecular flexibility index (Phi) is 5.31. The van der Waals surface area contributed by atoms with Crippen LogP contribution in [0.3, 0.4) is 0 Å². The molecule has 0 unspecified atom stereocenters. The number of Topliss-reactive ketones (excluding diaryl/α,β-unsaturated/α-hetero) is 1. The summed E-state index contributed by atoms with van der Waals surface area (Å²) in [5.74, 6) is -4.95. The lowest BCUT2D eigenvalue weighted by molar-refractivity contribution is -0.175. The summed E-state index contributed by atoms with van der Waals surface area (Å²) in [4.78, 5) is 25.0. The van der Waals surface area contributed by atoms with Crippen molar-refractivity contribution in [3.8, 4) is 11.5 Å². The maximum atomic E-state index is 13.5. The molecule has 0 spiro atoms. The molecule has 2 aromatic carbocycles. The van der Waals surface area contributed by atoms with Gasteiger partial charge in [0.2, 0.25) is 0 Å². The second-order valence-corrected chi connectivity index (χ2v) is 9.53. The minimum Gasteiger partial charge on any atom is -0.484 e. The highest BCUT2D eigenvalue weighted by molar-refractivity contribution is 5.85. The SMILES string of the molecule is O=C(COc1ccc(F)c(F)c1)NC12CC(CC(=O)[C@@H]3C[C@H](O)c4cc(F)c(F)cc4O3)(C1)C2. The highest BCUT2D eigenvalue weighted by Gasteiger charge is 2.68. The molecule has 0 aromatic heterocycles. The molecule has 0 saturated heterocycles. The van der Waals surface area contributed by atoms with Crippen LogP contribution in [-0.4, -0.2) is 35.0 Å². The Hall–Kier alpha value is -3.14. The Morgan fingerprint density at radius 3 is 2.41 bits per heavy atom. The van der Waals surface area contributed by atoms with E-state index in [4.69, 9.17) is 9.47 Å². The number of aliphatic hydroxyl groups is 1. The summed E-state index contributed by atoms with van der Waals surface area (Å²) in [5, 5.41) is 13.1. The number of ketones is 1. The summed E-state index contributed by atoms with van der Waals surface area (Å²) in [7, 11) is 0. The molecular weight excluding hydrogens is 458 g/mol. The lowest BCUT2D eigenvalue weighted by Gasteiger charge is -2.70. The molecule has 1 aliphatic heterocycles. The van der Waals surface area contributed by atoms with Gasteiger partial charge in [0.25, 0.3) is 5.91 Å². The number of halogens is 4. The molecule has 2 N–H and O–H groups in total. The van der Waals surface area contributed by atoms with E-state index in [0.717, 1.165) is 24.3 Å². The third kappa shape index (κ3) is 4.00. The minimum atomic E-state index is -1.14. The highest BCUT2D eigenvalue weighted by atomic mass is 19.2. The van der Waals surface area contributed by atoms with Crippen LogP contribution < -0.4 is 14.8 Å². The van der Waals surface area contributed by atoms with E-state index in [1.165, 1.54) is 6.07 Å². The molecule has 180 valence electrons. The normalized spacial score (nSPS) is 28.6. The number of carbonyl (C=O) groups is 2. The quantitative estimate of drug-likeness (QED) is 0.594. The van der Waals surface area contributed by atoms with Crippen LogP contribution in [0.5, 0.6) is 11.5 Å². The van der Waals surface area contributed by atoms with Gasteiger partial charge in [-0.1, -0.05) is 0 Å². The number of rotatable bonds is 7. The van der Waals surface area contributed by atoms with Crippen LogP contribution in [-0.2, 0) is 9.59 Å². The molecule has 4 aliphatic rings. The number of amides is 1. The molecule has 2 atom stereocenters. The van der Waals surface area contributed by atoms with Crippen molar-refractivity contribution < 1.29 is 41.7 Å². The molecule has 0 radical (unpaired) electrons. The molecular formula is C24H21F4NO5. The van der Waals surface area contributed by atoms with Crippen molar-refractivity contribution in [3.63, 3.8) is 0 Å². The summed E-state index contributed by atoms with van der Waals surface area (Å²) in [6, 6.07) is 4.70. The molecule has 1 heterocycles. The van der Waals surface area contributed by atoms with E-state index in [2.05, 4.69) is 5.32 Å². The summed E-state index contributed by atoms with van der Waals surface area (Å²) in [5.41, 5.74) is -0.580. The smallest absolute Gasteiger partial charge is 0.258 e. The predicted molar refractivity (Wildman–Crippen MR) is 109 cm³/mol. The van der Waals surface area contributed by atoms with E-state index in [1.807, 2.05) is 0 Å². The first-order chi connectivity index (χ1) is 16.1. The first-order valence-electron chi connectivity index (χ1n) is 10.8. The standard InChI is InChI=1S/C24H21F4NO5/c25-14-2-1-12(3-15(14)26)33-8-22(32)29-24-9-23(10-24,11-24)7-19(31)21-6-18(30)13-4-16(27)17(28)5-20(13)34-21/h1-5,18,21,30H,6-11H2,(H,29,32)/t18-,21-,23?,24?/m0/s1. The molecule has 34 heavy (non-hydrogen) atoms. The average molecular weight is 479 g/mol. The number of aliphatic hydroxyl groups excluding tert-OH is 1. The van der Waals surface area contributed by atoms with Crippen molar-refractivity contribution in [2.45, 2.75) is 49.9 Å². The van der Waals surface area contributed by atoms with Gasteiger partial charge in [-0.25, -0.2) is 17.6 Å². The Balaban J connectivity index is 1.11. The zero-order valence-electron chi connectivity index (χ0n) is 17.9. The number of nitrogens with one attached hydrogen (secondary N) is 1. The number of fused-ring (bicyclic) bond motifs is 1. The van der Waals surface area contributed by atoms with Crippen LogP contribution in [0.4, 0.5) is 17.6 Å². The topological polar surface area (TPSA) is 84.9 Å². The maximum Gasteiger partial charge on any atom is 0.258 e. The Morgan fingerprint density at radius 2 is 1.71 bits per heavy atom. The van der Waals surface area contributed by atoms with Gasteiger partial charge < -0.3 is 19.9 Å². The first kappa shape index (κ1) is 22.6. The Morgan fingerprint density at radius 1 is 1.03 bits per heavy atom. The number of carbonyl (C=O) groups excluding carboxylic acids is 2. The largest absolute Gasteiger partial charge is 0.484 e. The van der Waals surface area contributed by atoms with Crippen LogP contribution in [0, 0.1) is 28.7 Å². The van der Waals surface area contributed by atoms with Crippen molar-refractivity contribution in [2.75, 3.05) is 6.61 Å². The lowest BCUT2D eigenvalue weighted by atomic mass is 9.38. The first-order valence-corrected chi connectivity index (χ1v) is 10.8. The fourth-order valence-corrected chi connectivity index (χ4v) is 5.48. The van der Waals surface area contributed by atoms with E-state index in [-0.39, 0.29) is 47.7 Å². The highest BCUT2D eigenvalue weighted by Crippen LogP contribution is 2.69. The molecule has 1 amide bonds. The zero-order valence-corrected chi connectivity index (χ0v) is 17.9. The number of benzene rings is 2. The fraction of sp³-hybridized carbons (Fsp3) is 0.417. The van der Waals surface area contributed by atoms with Gasteiger partial charge in [-0.2, -0.15) is 0 Å². The van der Waals surface area contributed by atoms with E-state index < -0.39 is 46.9 Å². The molecule has 2 bridgehead atoms. The van der Waals surface area contributed by atoms with E-state index in [1.54, 1.807) is 0 Å². The number of hydrogen-bond acceptors (Lipinski definition) is 5. The van der Waals surface area contributed by atoms with E-state index in [0.29, 0.717) is 19.3 Å². The molecule has 3 saturated carbocycles. The van der Waals surface area contributed by atoms with Crippen molar-refractivity contribution in [2.24, 2.45) is 5.41 Å². The predicted octanol–water partition coefficient (Wildman–Crippen LogP) is 3.50. The van der Waals surface area contributed by atoms with Gasteiger partial charge in [0, 0.05) is 36.1 Å². The van der Waals surface area contributed by atoms with Crippen LogP contribution >= 0.6 is 0 Å². The molecule has 10 heteroatoms. The van der Waals surface area contributed by atoms with E-state index in [9.17, 15) is 32.3 Å². The lowest BCUT2D eigenvalue weighted by Crippen LogP contribution is -2.75. The van der Waals surface area contributed by atoms with Gasteiger partial charge in [-0.3, -0.25) is 9.59 Å². The monoisotopic (exact) mass is 479 g/mol. The minimum absolute atomic E-state index is 0.0348. The van der Waals surface area contributed by atoms with Gasteiger partial charge in [0.05, 0.1) is 6.10 Å². The van der Waals surface area contributed by atoms with Crippen molar-refractivity contribution in [1.82, 2.24) is 5.32 Å². The van der Waals surface area contributed by atoms with Crippen molar-refractivity contribution >= 4 is 11.7 Å². The molecule has 6 rings (SSSR count). The number of ether oxygens (including phenoxy) is 2. The molecule has 3 aliphatic carbocycles. The number of hydrogen-bond donors (Lipinski definition) is 2. The van der Waals surface area contributed by atoms with Gasteiger partial charge in [-0.15, -0.1) is 0 Å². The summed E-state index contributed by atoms with van der Waals surface area (Å²) in [6.07, 6.45) is -0.183. The third-order valence-corrected chi connectivity index (χ3v) is 6.83. The zero-order chi connectivity index (χ0) is 24.3. The summed E-state index contributed by atoms with van der Waals surface area (Å²) < 4.78 is 63.9. The van der Waals surface area contributed by atoms with Crippen LogP contribution in [0.15, 0.2) is 30.3 Å². The second kappa shape index (κ2) is 7.97. The molecule has 6 nitrogen and oxygen atoms in total. The van der Waals surface area contributed by atoms with Crippen molar-refractivity contribution in [3.05, 3.63) is 59.2 Å². The Bertz CT molecular complexity index is 1170. The van der Waals surface area contributed by atoms with Gasteiger partial charge in [0.1, 0.15) is 11.5 Å². The van der Waals surface area contributed by atoms with Crippen molar-refractivity contribution in [1.29, 1.82) is 0 Å². The average Bonchev–Trinajstić information content (AvgIpc) is 2.73. The van der Waals surface area contributed by atoms with Gasteiger partial charge in [-0.05, 0) is 42.9 Å². The Labute approximate surface area is 191 Å². The molecule has 2 aromatic rings. The van der Waals surface area contributed by atoms with Gasteiger partial charge in [0.15, 0.2) is 41.8 Å². The maximum absolute atomic E-state index is 13.5. The fourth-order valence-electron chi connectivity index (χ4n) is 5.48. The van der Waals surface area contributed by atoms with Crippen LogP contribution in [0.1, 0.15) is 43.8 Å². The van der Waals surface area contributed by atoms with Crippen LogP contribution in [0.25, 0.3) is 0 Å².